The molecule has 5 nitrogen and oxygen atoms in total. The third kappa shape index (κ3) is 3.79. The first kappa shape index (κ1) is 27.1. The Bertz CT molecular complexity index is 3070. The van der Waals surface area contributed by atoms with Crippen molar-refractivity contribution >= 4 is 71.1 Å². The predicted octanol–water partition coefficient (Wildman–Crippen LogP) is 11.4. The lowest BCUT2D eigenvalue weighted by Crippen LogP contribution is -1.98. The van der Waals surface area contributed by atoms with E-state index in [1.807, 2.05) is 42.5 Å². The predicted molar refractivity (Wildman–Crippen MR) is 200 cm³/mol. The lowest BCUT2D eigenvalue weighted by molar-refractivity contribution is 1.13. The van der Waals surface area contributed by atoms with E-state index in [2.05, 4.69) is 134 Å². The molecule has 0 aliphatic rings. The summed E-state index contributed by atoms with van der Waals surface area (Å²) in [5.41, 5.74) is 10.9. The van der Waals surface area contributed by atoms with E-state index in [0.29, 0.717) is 11.3 Å². The molecule has 0 atom stereocenters. The molecular weight excluding hydrogens is 599 g/mol. The Morgan fingerprint density at radius 3 is 1.80 bits per heavy atom. The first-order valence-corrected chi connectivity index (χ1v) is 16.2. The van der Waals surface area contributed by atoms with E-state index in [9.17, 15) is 5.26 Å². The zero-order valence-corrected chi connectivity index (χ0v) is 26.2. The molecule has 0 saturated heterocycles. The van der Waals surface area contributed by atoms with Crippen LogP contribution in [0.4, 0.5) is 5.69 Å². The first-order valence-electron chi connectivity index (χ1n) is 16.2. The SMILES string of the molecule is [C-]#[N+]c1ccc2c(c1)c1c(ccc3c4ccccc4n(-c4ccccc4)c31)n2-c1cccc(-n2c3ccccc3c3cc(C#N)ccc32)c1. The molecule has 7 aromatic carbocycles. The Hall–Kier alpha value is -7.08. The van der Waals surface area contributed by atoms with Gasteiger partial charge in [0.25, 0.3) is 0 Å². The van der Waals surface area contributed by atoms with E-state index in [4.69, 9.17) is 6.57 Å². The summed E-state index contributed by atoms with van der Waals surface area (Å²) in [5, 5.41) is 16.3. The molecule has 3 aromatic heterocycles. The van der Waals surface area contributed by atoms with Crippen LogP contribution >= 0.6 is 0 Å². The minimum Gasteiger partial charge on any atom is -0.309 e. The largest absolute Gasteiger partial charge is 0.309 e. The van der Waals surface area contributed by atoms with Crippen molar-refractivity contribution in [2.24, 2.45) is 0 Å². The number of para-hydroxylation sites is 3. The van der Waals surface area contributed by atoms with E-state index in [-0.39, 0.29) is 0 Å². The van der Waals surface area contributed by atoms with Crippen LogP contribution in [0.15, 0.2) is 152 Å². The van der Waals surface area contributed by atoms with Gasteiger partial charge in [0, 0.05) is 44.0 Å². The molecule has 10 aromatic rings. The quantitative estimate of drug-likeness (QED) is 0.181. The van der Waals surface area contributed by atoms with E-state index < -0.39 is 0 Å². The topological polar surface area (TPSA) is 42.9 Å². The summed E-state index contributed by atoms with van der Waals surface area (Å²) in [5.74, 6) is 0. The van der Waals surface area contributed by atoms with Gasteiger partial charge in [0.1, 0.15) is 0 Å². The van der Waals surface area contributed by atoms with Gasteiger partial charge in [0.15, 0.2) is 5.69 Å². The molecule has 3 heterocycles. The van der Waals surface area contributed by atoms with E-state index in [0.717, 1.165) is 71.7 Å². The first-order chi connectivity index (χ1) is 24.2. The highest BCUT2D eigenvalue weighted by Gasteiger charge is 2.21. The third-order valence-corrected chi connectivity index (χ3v) is 9.84. The number of aromatic nitrogens is 3. The summed E-state index contributed by atoms with van der Waals surface area (Å²) >= 11 is 0. The molecule has 49 heavy (non-hydrogen) atoms. The van der Waals surface area contributed by atoms with Crippen molar-refractivity contribution in [2.45, 2.75) is 0 Å². The van der Waals surface area contributed by atoms with Crippen LogP contribution in [0.2, 0.25) is 0 Å². The van der Waals surface area contributed by atoms with Crippen LogP contribution in [0.3, 0.4) is 0 Å². The molecule has 10 rings (SSSR count). The molecule has 226 valence electrons. The van der Waals surface area contributed by atoms with Crippen LogP contribution < -0.4 is 0 Å². The fourth-order valence-corrected chi connectivity index (χ4v) is 7.83. The van der Waals surface area contributed by atoms with Crippen LogP contribution in [0.25, 0.3) is 87.3 Å². The number of hydrogen-bond acceptors (Lipinski definition) is 1. The molecule has 0 radical (unpaired) electrons. The van der Waals surface area contributed by atoms with E-state index in [1.54, 1.807) is 0 Å². The highest BCUT2D eigenvalue weighted by Crippen LogP contribution is 2.43. The molecule has 0 fully saturated rings. The number of fused-ring (bicyclic) bond motifs is 10. The Kier molecular flexibility index (Phi) is 5.64. The van der Waals surface area contributed by atoms with Gasteiger partial charge in [-0.3, -0.25) is 0 Å². The smallest absolute Gasteiger partial charge is 0.188 e. The molecule has 0 N–H and O–H groups in total. The van der Waals surface area contributed by atoms with Gasteiger partial charge in [-0.15, -0.1) is 0 Å². The van der Waals surface area contributed by atoms with Gasteiger partial charge in [0.05, 0.1) is 51.3 Å². The van der Waals surface area contributed by atoms with Gasteiger partial charge >= 0.3 is 0 Å². The van der Waals surface area contributed by atoms with Crippen LogP contribution in [-0.4, -0.2) is 13.7 Å². The molecule has 5 heteroatoms. The highest BCUT2D eigenvalue weighted by atomic mass is 15.0. The summed E-state index contributed by atoms with van der Waals surface area (Å²) in [6.45, 7) is 7.88. The second-order valence-electron chi connectivity index (χ2n) is 12.4. The summed E-state index contributed by atoms with van der Waals surface area (Å²) in [6, 6.07) is 54.9. The average Bonchev–Trinajstić information content (AvgIpc) is 3.80. The Morgan fingerprint density at radius 2 is 1.04 bits per heavy atom. The lowest BCUT2D eigenvalue weighted by Gasteiger charge is -2.13. The van der Waals surface area contributed by atoms with Crippen molar-refractivity contribution in [1.29, 1.82) is 5.26 Å². The maximum Gasteiger partial charge on any atom is 0.188 e. The van der Waals surface area contributed by atoms with Gasteiger partial charge in [-0.1, -0.05) is 72.8 Å². The highest BCUT2D eigenvalue weighted by molar-refractivity contribution is 6.26. The van der Waals surface area contributed by atoms with Crippen molar-refractivity contribution in [2.75, 3.05) is 0 Å². The van der Waals surface area contributed by atoms with Crippen LogP contribution in [-0.2, 0) is 0 Å². The minimum absolute atomic E-state index is 0.613. The lowest BCUT2D eigenvalue weighted by atomic mass is 10.1. The zero-order chi connectivity index (χ0) is 32.6. The van der Waals surface area contributed by atoms with E-state index in [1.165, 1.54) is 10.8 Å². The Balaban J connectivity index is 1.32. The van der Waals surface area contributed by atoms with Crippen LogP contribution in [0.1, 0.15) is 5.56 Å². The van der Waals surface area contributed by atoms with Crippen molar-refractivity contribution in [1.82, 2.24) is 13.7 Å². The molecule has 0 unspecified atom stereocenters. The number of rotatable bonds is 3. The van der Waals surface area contributed by atoms with Crippen molar-refractivity contribution in [3.8, 4) is 23.1 Å². The van der Waals surface area contributed by atoms with Gasteiger partial charge in [-0.05, 0) is 84.2 Å². The van der Waals surface area contributed by atoms with Crippen molar-refractivity contribution < 1.29 is 0 Å². The van der Waals surface area contributed by atoms with Gasteiger partial charge in [-0.2, -0.15) is 5.26 Å². The van der Waals surface area contributed by atoms with Gasteiger partial charge in [0.2, 0.25) is 0 Å². The van der Waals surface area contributed by atoms with E-state index >= 15 is 0 Å². The zero-order valence-electron chi connectivity index (χ0n) is 26.2. The monoisotopic (exact) mass is 623 g/mol. The maximum absolute atomic E-state index is 9.65. The molecule has 0 saturated carbocycles. The van der Waals surface area contributed by atoms with Gasteiger partial charge < -0.3 is 13.7 Å². The van der Waals surface area contributed by atoms with Crippen molar-refractivity contribution in [3.63, 3.8) is 0 Å². The Morgan fingerprint density at radius 1 is 0.449 bits per heavy atom. The van der Waals surface area contributed by atoms with Crippen LogP contribution in [0.5, 0.6) is 0 Å². The third-order valence-electron chi connectivity index (χ3n) is 9.84. The maximum atomic E-state index is 9.65. The number of nitriles is 1. The number of benzene rings is 7. The second-order valence-corrected chi connectivity index (χ2v) is 12.4. The summed E-state index contributed by atoms with van der Waals surface area (Å²) < 4.78 is 6.98. The summed E-state index contributed by atoms with van der Waals surface area (Å²) in [4.78, 5) is 3.84. The standard InChI is InChI=1S/C44H25N5/c1-46-29-19-22-41-37(25-29)43-42(23-20-35-33-14-5-8-17-39(33)49(44(35)43)30-10-3-2-4-11-30)48(41)32-13-9-12-31(26-32)47-38-16-7-6-15-34(38)36-24-28(27-45)18-21-40(36)47/h2-26H. The normalized spacial score (nSPS) is 11.6. The van der Waals surface area contributed by atoms with Gasteiger partial charge in [-0.25, -0.2) is 4.85 Å². The summed E-state index contributed by atoms with van der Waals surface area (Å²) in [6.07, 6.45) is 0. The molecule has 0 spiro atoms. The minimum atomic E-state index is 0.613. The Labute approximate surface area is 281 Å². The molecule has 0 aliphatic heterocycles. The second kappa shape index (κ2) is 10.2. The molecular formula is C44H25N5. The number of nitrogens with zero attached hydrogens (tertiary/aromatic N) is 5. The number of hydrogen-bond donors (Lipinski definition) is 0. The average molecular weight is 624 g/mol. The van der Waals surface area contributed by atoms with Crippen molar-refractivity contribution in [3.05, 3.63) is 169 Å². The fraction of sp³-hybridized carbons (Fsp3) is 0. The molecule has 0 amide bonds. The molecule has 0 aliphatic carbocycles. The van der Waals surface area contributed by atoms with Crippen LogP contribution in [0, 0.1) is 17.9 Å². The fourth-order valence-electron chi connectivity index (χ4n) is 7.83. The molecule has 0 bridgehead atoms. The summed E-state index contributed by atoms with van der Waals surface area (Å²) in [7, 11) is 0.